The lowest BCUT2D eigenvalue weighted by atomic mass is 10.0. The molecule has 0 atom stereocenters. The second kappa shape index (κ2) is 8.81. The number of rotatable bonds is 7. The van der Waals surface area contributed by atoms with Gasteiger partial charge in [-0.1, -0.05) is 11.6 Å². The maximum absolute atomic E-state index is 12.5. The molecule has 0 fully saturated rings. The molecule has 2 amide bonds. The van der Waals surface area contributed by atoms with Crippen LogP contribution in [0, 0.1) is 0 Å². The van der Waals surface area contributed by atoms with Crippen LogP contribution < -0.4 is 20.1 Å². The molecule has 10 heteroatoms. The number of aryl methyl sites for hydroxylation is 1. The van der Waals surface area contributed by atoms with Gasteiger partial charge in [0.05, 0.1) is 17.7 Å². The van der Waals surface area contributed by atoms with Gasteiger partial charge in [0.1, 0.15) is 5.75 Å². The first-order valence-electron chi connectivity index (χ1n) is 8.84. The summed E-state index contributed by atoms with van der Waals surface area (Å²) in [7, 11) is -2.31. The van der Waals surface area contributed by atoms with E-state index in [9.17, 15) is 18.0 Å². The van der Waals surface area contributed by atoms with E-state index in [4.69, 9.17) is 16.3 Å². The van der Waals surface area contributed by atoms with Gasteiger partial charge in [0.15, 0.2) is 0 Å². The van der Waals surface area contributed by atoms with Crippen molar-refractivity contribution >= 4 is 44.8 Å². The van der Waals surface area contributed by atoms with Crippen LogP contribution in [-0.2, 0) is 26.0 Å². The Morgan fingerprint density at radius 3 is 2.76 bits per heavy atom. The molecule has 0 radical (unpaired) electrons. The van der Waals surface area contributed by atoms with Crippen LogP contribution in [0.1, 0.15) is 18.4 Å². The molecule has 1 aliphatic rings. The maximum atomic E-state index is 12.5. The van der Waals surface area contributed by atoms with Crippen molar-refractivity contribution < 1.29 is 22.7 Å². The van der Waals surface area contributed by atoms with Gasteiger partial charge in [0, 0.05) is 30.1 Å². The average molecular weight is 438 g/mol. The van der Waals surface area contributed by atoms with E-state index in [1.807, 2.05) is 0 Å². The highest BCUT2D eigenvalue weighted by molar-refractivity contribution is 7.89. The van der Waals surface area contributed by atoms with Crippen LogP contribution in [0.25, 0.3) is 0 Å². The van der Waals surface area contributed by atoms with Crippen LogP contribution in [0.15, 0.2) is 41.3 Å². The maximum Gasteiger partial charge on any atom is 0.240 e. The number of hydrogen-bond acceptors (Lipinski definition) is 5. The number of methoxy groups -OCH3 is 1. The number of fused-ring (bicyclic) bond motifs is 1. The second-order valence-electron chi connectivity index (χ2n) is 6.41. The molecule has 0 bridgehead atoms. The van der Waals surface area contributed by atoms with Crippen LogP contribution >= 0.6 is 11.6 Å². The third-order valence-electron chi connectivity index (χ3n) is 4.36. The Morgan fingerprint density at radius 1 is 1.21 bits per heavy atom. The number of benzene rings is 2. The number of carbonyl (C=O) groups excluding carboxylic acids is 2. The number of hydrogen-bond donors (Lipinski definition) is 3. The Bertz CT molecular complexity index is 1060. The van der Waals surface area contributed by atoms with E-state index in [-0.39, 0.29) is 29.7 Å². The number of halogens is 1. The summed E-state index contributed by atoms with van der Waals surface area (Å²) < 4.78 is 32.6. The molecule has 0 aliphatic carbocycles. The van der Waals surface area contributed by atoms with Crippen molar-refractivity contribution in [3.8, 4) is 5.75 Å². The zero-order chi connectivity index (χ0) is 21.0. The minimum absolute atomic E-state index is 0.0735. The van der Waals surface area contributed by atoms with E-state index in [0.717, 1.165) is 5.56 Å². The van der Waals surface area contributed by atoms with Crippen LogP contribution in [-0.4, -0.2) is 33.9 Å². The van der Waals surface area contributed by atoms with Crippen molar-refractivity contribution in [2.75, 3.05) is 24.3 Å². The SMILES string of the molecule is COc1ccc(Cl)cc1NC(=O)CCNS(=O)(=O)c1ccc2c(c1)CCC(=O)N2. The summed E-state index contributed by atoms with van der Waals surface area (Å²) in [4.78, 5) is 23.6. The van der Waals surface area contributed by atoms with E-state index in [0.29, 0.717) is 35.0 Å². The number of ether oxygens (including phenoxy) is 1. The van der Waals surface area contributed by atoms with Crippen molar-refractivity contribution in [3.05, 3.63) is 47.0 Å². The Kier molecular flexibility index (Phi) is 6.41. The summed E-state index contributed by atoms with van der Waals surface area (Å²) in [6, 6.07) is 9.33. The van der Waals surface area contributed by atoms with Gasteiger partial charge in [-0.3, -0.25) is 9.59 Å². The minimum atomic E-state index is -3.78. The second-order valence-corrected chi connectivity index (χ2v) is 8.61. The van der Waals surface area contributed by atoms with E-state index in [2.05, 4.69) is 15.4 Å². The summed E-state index contributed by atoms with van der Waals surface area (Å²) >= 11 is 5.93. The zero-order valence-electron chi connectivity index (χ0n) is 15.6. The Hall–Kier alpha value is -2.62. The van der Waals surface area contributed by atoms with E-state index in [1.54, 1.807) is 24.3 Å². The lowest BCUT2D eigenvalue weighted by molar-refractivity contribution is -0.117. The fourth-order valence-electron chi connectivity index (χ4n) is 2.90. The predicted molar refractivity (Wildman–Crippen MR) is 110 cm³/mol. The molecule has 0 spiro atoms. The molecule has 154 valence electrons. The first-order valence-corrected chi connectivity index (χ1v) is 10.7. The van der Waals surface area contributed by atoms with Gasteiger partial charge in [-0.15, -0.1) is 0 Å². The Balaban J connectivity index is 1.59. The average Bonchev–Trinajstić information content (AvgIpc) is 2.67. The van der Waals surface area contributed by atoms with Crippen LogP contribution in [0.3, 0.4) is 0 Å². The van der Waals surface area contributed by atoms with Gasteiger partial charge in [0.2, 0.25) is 21.8 Å². The normalized spacial score (nSPS) is 13.4. The molecule has 8 nitrogen and oxygen atoms in total. The van der Waals surface area contributed by atoms with Crippen LogP contribution in [0.5, 0.6) is 5.75 Å². The van der Waals surface area contributed by atoms with Gasteiger partial charge in [-0.2, -0.15) is 0 Å². The van der Waals surface area contributed by atoms with Gasteiger partial charge >= 0.3 is 0 Å². The summed E-state index contributed by atoms with van der Waals surface area (Å²) in [5.74, 6) is -0.0283. The van der Waals surface area contributed by atoms with E-state index in [1.165, 1.54) is 19.2 Å². The zero-order valence-corrected chi connectivity index (χ0v) is 17.2. The summed E-state index contributed by atoms with van der Waals surface area (Å²) in [5.41, 5.74) is 1.79. The first-order chi connectivity index (χ1) is 13.8. The van der Waals surface area contributed by atoms with Crippen LogP contribution in [0.2, 0.25) is 5.02 Å². The lowest BCUT2D eigenvalue weighted by Crippen LogP contribution is -2.28. The lowest BCUT2D eigenvalue weighted by Gasteiger charge is -2.17. The standard InChI is InChI=1S/C19H20ClN3O5S/c1-28-17-6-3-13(20)11-16(17)23-19(25)8-9-21-29(26,27)14-4-5-15-12(10-14)2-7-18(24)22-15/h3-6,10-11,21H,2,7-9H2,1H3,(H,22,24)(H,23,25). The molecule has 2 aromatic carbocycles. The highest BCUT2D eigenvalue weighted by atomic mass is 35.5. The molecule has 0 unspecified atom stereocenters. The van der Waals surface area contributed by atoms with E-state index >= 15 is 0 Å². The summed E-state index contributed by atoms with van der Waals surface area (Å²) in [6.45, 7) is -0.0785. The smallest absolute Gasteiger partial charge is 0.240 e. The molecule has 3 rings (SSSR count). The van der Waals surface area contributed by atoms with Crippen LogP contribution in [0.4, 0.5) is 11.4 Å². The minimum Gasteiger partial charge on any atom is -0.495 e. The highest BCUT2D eigenvalue weighted by Crippen LogP contribution is 2.28. The topological polar surface area (TPSA) is 114 Å². The fraction of sp³-hybridized carbons (Fsp3) is 0.263. The molecular weight excluding hydrogens is 418 g/mol. The van der Waals surface area contributed by atoms with Gasteiger partial charge in [-0.25, -0.2) is 13.1 Å². The quantitative estimate of drug-likeness (QED) is 0.616. The number of anilines is 2. The number of amides is 2. The molecule has 0 aromatic heterocycles. The summed E-state index contributed by atoms with van der Waals surface area (Å²) in [6.07, 6.45) is 0.724. The molecule has 0 saturated heterocycles. The first kappa shape index (κ1) is 21.1. The molecule has 1 aliphatic heterocycles. The fourth-order valence-corrected chi connectivity index (χ4v) is 4.15. The van der Waals surface area contributed by atoms with E-state index < -0.39 is 10.0 Å². The molecule has 1 heterocycles. The van der Waals surface area contributed by atoms with Crippen molar-refractivity contribution in [2.24, 2.45) is 0 Å². The Morgan fingerprint density at radius 2 is 2.00 bits per heavy atom. The van der Waals surface area contributed by atoms with Crippen molar-refractivity contribution in [2.45, 2.75) is 24.2 Å². The molecular formula is C19H20ClN3O5S. The van der Waals surface area contributed by atoms with Gasteiger partial charge in [-0.05, 0) is 48.4 Å². The number of nitrogens with one attached hydrogen (secondary N) is 3. The Labute approximate surface area is 173 Å². The molecule has 29 heavy (non-hydrogen) atoms. The molecule has 0 saturated carbocycles. The monoisotopic (exact) mass is 437 g/mol. The number of sulfonamides is 1. The molecule has 3 N–H and O–H groups in total. The third kappa shape index (κ3) is 5.26. The van der Waals surface area contributed by atoms with Crippen molar-refractivity contribution in [3.63, 3.8) is 0 Å². The summed E-state index contributed by atoms with van der Waals surface area (Å²) in [5, 5.41) is 5.79. The highest BCUT2D eigenvalue weighted by Gasteiger charge is 2.20. The van der Waals surface area contributed by atoms with Crippen molar-refractivity contribution in [1.29, 1.82) is 0 Å². The predicted octanol–water partition coefficient (Wildman–Crippen LogP) is 2.54. The third-order valence-corrected chi connectivity index (χ3v) is 6.06. The van der Waals surface area contributed by atoms with Crippen molar-refractivity contribution in [1.82, 2.24) is 4.72 Å². The van der Waals surface area contributed by atoms with Gasteiger partial charge < -0.3 is 15.4 Å². The van der Waals surface area contributed by atoms with Gasteiger partial charge in [0.25, 0.3) is 0 Å². The number of carbonyl (C=O) groups is 2. The molecule has 2 aromatic rings. The largest absolute Gasteiger partial charge is 0.495 e.